The number of unbranched alkanes of at least 4 members (excludes halogenated alkanes) is 20. The molecule has 0 spiro atoms. The van der Waals surface area contributed by atoms with Gasteiger partial charge in [-0.2, -0.15) is 8.42 Å². The largest absolute Gasteiger partial charge is 0.294 e. The molecular formula is C36H60O3S. The van der Waals surface area contributed by atoms with E-state index in [-0.39, 0.29) is 4.90 Å². The molecule has 0 aliphatic heterocycles. The van der Waals surface area contributed by atoms with E-state index in [1.807, 2.05) is 18.2 Å². The van der Waals surface area contributed by atoms with Crippen LogP contribution in [0, 0.1) is 0 Å². The third kappa shape index (κ3) is 14.0. The fraction of sp³-hybridized carbons (Fsp3) is 0.722. The van der Waals surface area contributed by atoms with Crippen molar-refractivity contribution in [2.24, 2.45) is 0 Å². The Morgan fingerprint density at radius 1 is 0.525 bits per heavy atom. The number of aryl methyl sites for hydroxylation is 1. The molecule has 0 saturated carbocycles. The molecule has 0 atom stereocenters. The van der Waals surface area contributed by atoms with Gasteiger partial charge in [-0.1, -0.05) is 167 Å². The van der Waals surface area contributed by atoms with Crippen LogP contribution in [0.2, 0.25) is 0 Å². The molecule has 2 aromatic rings. The second-order valence-corrected chi connectivity index (χ2v) is 13.5. The monoisotopic (exact) mass is 572 g/mol. The predicted octanol–water partition coefficient (Wildman–Crippen LogP) is 11.8. The van der Waals surface area contributed by atoms with Crippen molar-refractivity contribution in [1.29, 1.82) is 0 Å². The van der Waals surface area contributed by atoms with Crippen LogP contribution in [0.5, 0.6) is 0 Å². The molecule has 0 radical (unpaired) electrons. The van der Waals surface area contributed by atoms with Gasteiger partial charge in [-0.15, -0.1) is 0 Å². The van der Waals surface area contributed by atoms with Gasteiger partial charge in [0, 0.05) is 0 Å². The van der Waals surface area contributed by atoms with Crippen LogP contribution in [0.3, 0.4) is 0 Å². The third-order valence-corrected chi connectivity index (χ3v) is 9.49. The van der Waals surface area contributed by atoms with Crippen molar-refractivity contribution in [3.05, 3.63) is 41.5 Å². The molecule has 40 heavy (non-hydrogen) atoms. The summed E-state index contributed by atoms with van der Waals surface area (Å²) in [6.07, 6.45) is 29.9. The lowest BCUT2D eigenvalue weighted by molar-refractivity contribution is 0.481. The summed E-state index contributed by atoms with van der Waals surface area (Å²) in [4.78, 5) is 0.136. The lowest BCUT2D eigenvalue weighted by Gasteiger charge is -2.17. The number of fused-ring (bicyclic) bond motifs is 1. The molecule has 0 aromatic heterocycles. The summed E-state index contributed by atoms with van der Waals surface area (Å²) in [5.74, 6) is 0. The first-order valence-electron chi connectivity index (χ1n) is 17.0. The molecular weight excluding hydrogens is 512 g/mol. The Labute approximate surface area is 247 Å². The summed E-state index contributed by atoms with van der Waals surface area (Å²) >= 11 is 0. The Balaban J connectivity index is 1.89. The Bertz CT molecular complexity index is 1030. The summed E-state index contributed by atoms with van der Waals surface area (Å²) in [5.41, 5.74) is 2.01. The molecule has 0 fully saturated rings. The molecule has 0 aliphatic carbocycles. The van der Waals surface area contributed by atoms with Gasteiger partial charge in [-0.05, 0) is 53.6 Å². The maximum absolute atomic E-state index is 12.5. The van der Waals surface area contributed by atoms with Crippen LogP contribution in [0.15, 0.2) is 35.2 Å². The van der Waals surface area contributed by atoms with E-state index >= 15 is 0 Å². The van der Waals surface area contributed by atoms with E-state index in [0.717, 1.165) is 54.0 Å². The molecule has 2 aromatic carbocycles. The first-order chi connectivity index (χ1) is 19.5. The maximum atomic E-state index is 12.5. The summed E-state index contributed by atoms with van der Waals surface area (Å²) in [6, 6.07) is 9.79. The van der Waals surface area contributed by atoms with E-state index in [1.54, 1.807) is 6.07 Å². The molecule has 2 rings (SSSR count). The minimum absolute atomic E-state index is 0.136. The number of hydrogen-bond acceptors (Lipinski definition) is 2. The Hall–Kier alpha value is -1.39. The molecule has 0 unspecified atom stereocenters. The van der Waals surface area contributed by atoms with Crippen LogP contribution < -0.4 is 0 Å². The van der Waals surface area contributed by atoms with E-state index in [4.69, 9.17) is 0 Å². The first kappa shape index (κ1) is 34.8. The standard InChI is InChI=1S/C36H60O3S/c1-3-5-7-9-11-13-15-17-19-21-23-29-34-33-28-26-25-27-32(33)31-36(40(37,38)39)35(34)30-24-22-20-18-16-14-12-10-8-6-4-2/h25-28,31H,3-24,29-30H2,1-2H3,(H,37,38,39). The fourth-order valence-corrected chi connectivity index (χ4v) is 6.97. The zero-order valence-electron chi connectivity index (χ0n) is 26.0. The molecule has 0 aliphatic rings. The summed E-state index contributed by atoms with van der Waals surface area (Å²) in [7, 11) is -4.27. The van der Waals surface area contributed by atoms with Gasteiger partial charge in [0.05, 0.1) is 4.90 Å². The molecule has 0 saturated heterocycles. The quantitative estimate of drug-likeness (QED) is 0.0950. The maximum Gasteiger partial charge on any atom is 0.294 e. The van der Waals surface area contributed by atoms with Crippen molar-refractivity contribution in [2.45, 2.75) is 173 Å². The van der Waals surface area contributed by atoms with E-state index in [0.29, 0.717) is 0 Å². The van der Waals surface area contributed by atoms with E-state index in [1.165, 1.54) is 122 Å². The van der Waals surface area contributed by atoms with Crippen LogP contribution >= 0.6 is 0 Å². The van der Waals surface area contributed by atoms with Crippen LogP contribution in [0.1, 0.15) is 166 Å². The number of rotatable bonds is 25. The Kier molecular flexibility index (Phi) is 18.6. The summed E-state index contributed by atoms with van der Waals surface area (Å²) in [6.45, 7) is 4.53. The lowest BCUT2D eigenvalue weighted by atomic mass is 9.91. The van der Waals surface area contributed by atoms with Gasteiger partial charge < -0.3 is 0 Å². The van der Waals surface area contributed by atoms with Gasteiger partial charge in [0.25, 0.3) is 10.1 Å². The van der Waals surface area contributed by atoms with Crippen molar-refractivity contribution >= 4 is 20.9 Å². The van der Waals surface area contributed by atoms with E-state index in [9.17, 15) is 13.0 Å². The normalized spacial score (nSPS) is 12.0. The van der Waals surface area contributed by atoms with Gasteiger partial charge in [-0.25, -0.2) is 0 Å². The minimum Gasteiger partial charge on any atom is -0.282 e. The van der Waals surface area contributed by atoms with Gasteiger partial charge >= 0.3 is 0 Å². The second-order valence-electron chi connectivity index (χ2n) is 12.1. The SMILES string of the molecule is CCCCCCCCCCCCCc1c(S(=O)(=O)O)cc2ccccc2c1CCCCCCCCCCCCC. The zero-order valence-corrected chi connectivity index (χ0v) is 26.8. The van der Waals surface area contributed by atoms with Crippen molar-refractivity contribution in [3.63, 3.8) is 0 Å². The smallest absolute Gasteiger partial charge is 0.282 e. The first-order valence-corrected chi connectivity index (χ1v) is 18.4. The van der Waals surface area contributed by atoms with Crippen LogP contribution in [-0.2, 0) is 23.0 Å². The Morgan fingerprint density at radius 3 is 1.32 bits per heavy atom. The highest BCUT2D eigenvalue weighted by atomic mass is 32.2. The van der Waals surface area contributed by atoms with Crippen LogP contribution in [0.4, 0.5) is 0 Å². The highest BCUT2D eigenvalue weighted by Gasteiger charge is 2.21. The van der Waals surface area contributed by atoms with Gasteiger partial charge in [0.2, 0.25) is 0 Å². The van der Waals surface area contributed by atoms with Crippen molar-refractivity contribution < 1.29 is 13.0 Å². The molecule has 228 valence electrons. The molecule has 1 N–H and O–H groups in total. The topological polar surface area (TPSA) is 54.4 Å². The van der Waals surface area contributed by atoms with Gasteiger partial charge in [0.1, 0.15) is 0 Å². The van der Waals surface area contributed by atoms with Crippen molar-refractivity contribution in [1.82, 2.24) is 0 Å². The highest BCUT2D eigenvalue weighted by Crippen LogP contribution is 2.32. The third-order valence-electron chi connectivity index (χ3n) is 8.57. The van der Waals surface area contributed by atoms with Crippen molar-refractivity contribution in [2.75, 3.05) is 0 Å². The fourth-order valence-electron chi connectivity index (χ4n) is 6.16. The Morgan fingerprint density at radius 2 is 0.900 bits per heavy atom. The highest BCUT2D eigenvalue weighted by molar-refractivity contribution is 7.85. The molecule has 4 heteroatoms. The molecule has 0 heterocycles. The van der Waals surface area contributed by atoms with Crippen LogP contribution in [-0.4, -0.2) is 13.0 Å². The van der Waals surface area contributed by atoms with Crippen molar-refractivity contribution in [3.8, 4) is 0 Å². The minimum atomic E-state index is -4.27. The van der Waals surface area contributed by atoms with Crippen LogP contribution in [0.25, 0.3) is 10.8 Å². The molecule has 0 bridgehead atoms. The molecule has 3 nitrogen and oxygen atoms in total. The molecule has 0 amide bonds. The van der Waals surface area contributed by atoms with Gasteiger partial charge in [0.15, 0.2) is 0 Å². The number of hydrogen-bond donors (Lipinski definition) is 1. The van der Waals surface area contributed by atoms with E-state index < -0.39 is 10.1 Å². The number of benzene rings is 2. The zero-order chi connectivity index (χ0) is 28.9. The lowest BCUT2D eigenvalue weighted by Crippen LogP contribution is -2.08. The van der Waals surface area contributed by atoms with E-state index in [2.05, 4.69) is 19.9 Å². The second kappa shape index (κ2) is 21.3. The predicted molar refractivity (Wildman–Crippen MR) is 174 cm³/mol. The summed E-state index contributed by atoms with van der Waals surface area (Å²) in [5, 5.41) is 2.07. The average molecular weight is 573 g/mol. The van der Waals surface area contributed by atoms with Gasteiger partial charge in [-0.3, -0.25) is 4.55 Å². The summed E-state index contributed by atoms with van der Waals surface area (Å²) < 4.78 is 35.1. The average Bonchev–Trinajstić information content (AvgIpc) is 2.94.